The number of nitrogens with zero attached hydrogens (tertiary/aromatic N) is 1. The van der Waals surface area contributed by atoms with Gasteiger partial charge in [0.15, 0.2) is 0 Å². The Balaban J connectivity index is 1.91. The fourth-order valence-electron chi connectivity index (χ4n) is 2.64. The third-order valence-corrected chi connectivity index (χ3v) is 4.10. The highest BCUT2D eigenvalue weighted by atomic mass is 35.5. The lowest BCUT2D eigenvalue weighted by molar-refractivity contribution is -0.138. The molecule has 92 valence electrons. The zero-order chi connectivity index (χ0) is 11.5. The molecule has 2 unspecified atom stereocenters. The van der Waals surface area contributed by atoms with E-state index in [1.807, 2.05) is 4.90 Å². The van der Waals surface area contributed by atoms with Gasteiger partial charge in [-0.3, -0.25) is 4.79 Å². The average Bonchev–Trinajstić information content (AvgIpc) is 2.77. The molecule has 2 heterocycles. The van der Waals surface area contributed by atoms with Crippen LogP contribution in [0.15, 0.2) is 0 Å². The summed E-state index contributed by atoms with van der Waals surface area (Å²) in [5.41, 5.74) is 0. The standard InChI is InChI=1S/C12H20ClNO2/c1-2-11-10(5-8-16-11)12(15)14-6-3-9(13)4-7-14/h9-11H,2-8H2,1H3. The summed E-state index contributed by atoms with van der Waals surface area (Å²) in [4.78, 5) is 14.3. The molecule has 2 rings (SSSR count). The summed E-state index contributed by atoms with van der Waals surface area (Å²) >= 11 is 6.04. The Kier molecular flexibility index (Phi) is 4.09. The molecule has 2 saturated heterocycles. The molecule has 2 aliphatic rings. The molecule has 0 N–H and O–H groups in total. The Morgan fingerprint density at radius 3 is 2.69 bits per heavy atom. The number of hydrogen-bond donors (Lipinski definition) is 0. The molecular weight excluding hydrogens is 226 g/mol. The third-order valence-electron chi connectivity index (χ3n) is 3.67. The van der Waals surface area contributed by atoms with Crippen LogP contribution in [0, 0.1) is 5.92 Å². The molecule has 3 nitrogen and oxygen atoms in total. The lowest BCUT2D eigenvalue weighted by atomic mass is 9.96. The first-order valence-corrected chi connectivity index (χ1v) is 6.70. The van der Waals surface area contributed by atoms with E-state index in [1.54, 1.807) is 0 Å². The Labute approximate surface area is 102 Å². The van der Waals surface area contributed by atoms with Gasteiger partial charge in [-0.25, -0.2) is 0 Å². The van der Waals surface area contributed by atoms with Crippen molar-refractivity contribution in [1.29, 1.82) is 0 Å². The van der Waals surface area contributed by atoms with E-state index in [-0.39, 0.29) is 23.3 Å². The molecule has 0 spiro atoms. The van der Waals surface area contributed by atoms with E-state index in [1.165, 1.54) is 0 Å². The predicted molar refractivity (Wildman–Crippen MR) is 63.6 cm³/mol. The Morgan fingerprint density at radius 1 is 1.38 bits per heavy atom. The first-order valence-electron chi connectivity index (χ1n) is 6.26. The molecule has 4 heteroatoms. The molecule has 0 saturated carbocycles. The Morgan fingerprint density at radius 2 is 2.06 bits per heavy atom. The molecular formula is C12H20ClNO2. The molecule has 0 aromatic rings. The highest BCUT2D eigenvalue weighted by Gasteiger charge is 2.36. The average molecular weight is 246 g/mol. The summed E-state index contributed by atoms with van der Waals surface area (Å²) in [5, 5.41) is 0.255. The number of amides is 1. The first kappa shape index (κ1) is 12.2. The molecule has 0 aliphatic carbocycles. The molecule has 2 aliphatic heterocycles. The minimum atomic E-state index is 0.0943. The number of rotatable bonds is 2. The lowest BCUT2D eigenvalue weighted by Gasteiger charge is -2.32. The van der Waals surface area contributed by atoms with Gasteiger partial charge in [0.2, 0.25) is 5.91 Å². The van der Waals surface area contributed by atoms with Crippen LogP contribution >= 0.6 is 11.6 Å². The Bertz CT molecular complexity index is 251. The maximum Gasteiger partial charge on any atom is 0.228 e. The summed E-state index contributed by atoms with van der Waals surface area (Å²) in [6, 6.07) is 0. The highest BCUT2D eigenvalue weighted by molar-refractivity contribution is 6.20. The van der Waals surface area contributed by atoms with Crippen LogP contribution < -0.4 is 0 Å². The van der Waals surface area contributed by atoms with E-state index in [2.05, 4.69) is 6.92 Å². The topological polar surface area (TPSA) is 29.5 Å². The largest absolute Gasteiger partial charge is 0.377 e. The van der Waals surface area contributed by atoms with Gasteiger partial charge in [-0.15, -0.1) is 11.6 Å². The van der Waals surface area contributed by atoms with E-state index >= 15 is 0 Å². The summed E-state index contributed by atoms with van der Waals surface area (Å²) in [6.45, 7) is 4.46. The van der Waals surface area contributed by atoms with Crippen LogP contribution in [0.25, 0.3) is 0 Å². The third kappa shape index (κ3) is 2.51. The van der Waals surface area contributed by atoms with Gasteiger partial charge in [0.25, 0.3) is 0 Å². The van der Waals surface area contributed by atoms with E-state index in [9.17, 15) is 4.79 Å². The highest BCUT2D eigenvalue weighted by Crippen LogP contribution is 2.27. The molecule has 2 fully saturated rings. The van der Waals surface area contributed by atoms with E-state index in [4.69, 9.17) is 16.3 Å². The van der Waals surface area contributed by atoms with Crippen LogP contribution in [0.3, 0.4) is 0 Å². The molecule has 0 aromatic carbocycles. The van der Waals surface area contributed by atoms with Gasteiger partial charge in [0.1, 0.15) is 0 Å². The quantitative estimate of drug-likeness (QED) is 0.697. The van der Waals surface area contributed by atoms with Crippen LogP contribution in [0.4, 0.5) is 0 Å². The van der Waals surface area contributed by atoms with Crippen LogP contribution in [-0.4, -0.2) is 42.0 Å². The predicted octanol–water partition coefficient (Wildman–Crippen LogP) is 2.03. The van der Waals surface area contributed by atoms with Crippen molar-refractivity contribution in [3.63, 3.8) is 0 Å². The van der Waals surface area contributed by atoms with Gasteiger partial charge in [-0.2, -0.15) is 0 Å². The molecule has 16 heavy (non-hydrogen) atoms. The minimum absolute atomic E-state index is 0.0943. The van der Waals surface area contributed by atoms with Gasteiger partial charge in [0.05, 0.1) is 12.0 Å². The van der Waals surface area contributed by atoms with Crippen molar-refractivity contribution >= 4 is 17.5 Å². The number of hydrogen-bond acceptors (Lipinski definition) is 2. The SMILES string of the molecule is CCC1OCCC1C(=O)N1CCC(Cl)CC1. The second kappa shape index (κ2) is 5.37. The van der Waals surface area contributed by atoms with Gasteiger partial charge in [-0.1, -0.05) is 6.92 Å². The zero-order valence-electron chi connectivity index (χ0n) is 9.82. The smallest absolute Gasteiger partial charge is 0.228 e. The molecule has 1 amide bonds. The van der Waals surface area contributed by atoms with E-state index in [0.29, 0.717) is 0 Å². The maximum absolute atomic E-state index is 12.3. The minimum Gasteiger partial charge on any atom is -0.377 e. The monoisotopic (exact) mass is 245 g/mol. The number of likely N-dealkylation sites (tertiary alicyclic amines) is 1. The second-order valence-electron chi connectivity index (χ2n) is 4.71. The van der Waals surface area contributed by atoms with Crippen LogP contribution in [0.5, 0.6) is 0 Å². The Hall–Kier alpha value is -0.280. The second-order valence-corrected chi connectivity index (χ2v) is 5.33. The van der Waals surface area contributed by atoms with Crippen molar-refractivity contribution < 1.29 is 9.53 Å². The molecule has 0 radical (unpaired) electrons. The van der Waals surface area contributed by atoms with E-state index in [0.717, 1.165) is 45.4 Å². The fourth-order valence-corrected chi connectivity index (χ4v) is 2.83. The van der Waals surface area contributed by atoms with Gasteiger partial charge < -0.3 is 9.64 Å². The maximum atomic E-state index is 12.3. The van der Waals surface area contributed by atoms with Crippen LogP contribution in [0.1, 0.15) is 32.6 Å². The summed E-state index contributed by atoms with van der Waals surface area (Å²) in [5.74, 6) is 0.379. The molecule has 2 atom stereocenters. The van der Waals surface area contributed by atoms with Crippen LogP contribution in [0.2, 0.25) is 0 Å². The van der Waals surface area contributed by atoms with E-state index < -0.39 is 0 Å². The van der Waals surface area contributed by atoms with Crippen molar-refractivity contribution in [2.24, 2.45) is 5.92 Å². The van der Waals surface area contributed by atoms with Crippen molar-refractivity contribution in [3.05, 3.63) is 0 Å². The summed E-state index contributed by atoms with van der Waals surface area (Å²) in [7, 11) is 0. The van der Waals surface area contributed by atoms with Crippen molar-refractivity contribution in [3.8, 4) is 0 Å². The number of halogens is 1. The number of alkyl halides is 1. The van der Waals surface area contributed by atoms with Crippen LogP contribution in [-0.2, 0) is 9.53 Å². The number of carbonyl (C=O) groups is 1. The zero-order valence-corrected chi connectivity index (χ0v) is 10.6. The number of carbonyl (C=O) groups excluding carboxylic acids is 1. The fraction of sp³-hybridized carbons (Fsp3) is 0.917. The molecule has 0 bridgehead atoms. The van der Waals surface area contributed by atoms with Crippen molar-refractivity contribution in [2.75, 3.05) is 19.7 Å². The lowest BCUT2D eigenvalue weighted by Crippen LogP contribution is -2.44. The summed E-state index contributed by atoms with van der Waals surface area (Å²) < 4.78 is 5.57. The van der Waals surface area contributed by atoms with Gasteiger partial charge in [-0.05, 0) is 25.7 Å². The number of piperidine rings is 1. The van der Waals surface area contributed by atoms with Gasteiger partial charge in [0, 0.05) is 25.1 Å². The normalized spacial score (nSPS) is 32.0. The van der Waals surface area contributed by atoms with Gasteiger partial charge >= 0.3 is 0 Å². The number of ether oxygens (including phenoxy) is 1. The summed E-state index contributed by atoms with van der Waals surface area (Å²) in [6.07, 6.45) is 3.82. The first-order chi connectivity index (χ1) is 7.72. The van der Waals surface area contributed by atoms with Crippen molar-refractivity contribution in [2.45, 2.75) is 44.1 Å². The van der Waals surface area contributed by atoms with Crippen molar-refractivity contribution in [1.82, 2.24) is 4.90 Å². The molecule has 0 aromatic heterocycles.